The summed E-state index contributed by atoms with van der Waals surface area (Å²) in [5, 5.41) is 12.0. The number of nitrogens with zero attached hydrogens (tertiary/aromatic N) is 1. The third-order valence-corrected chi connectivity index (χ3v) is 5.98. The number of hydrogen-bond donors (Lipinski definition) is 2. The fourth-order valence-electron chi connectivity index (χ4n) is 3.84. The van der Waals surface area contributed by atoms with Crippen LogP contribution in [0, 0.1) is 11.3 Å². The molecular weight excluding hydrogens is 312 g/mol. The molecule has 0 spiro atoms. The summed E-state index contributed by atoms with van der Waals surface area (Å²) in [6.45, 7) is 5.13. The van der Waals surface area contributed by atoms with Gasteiger partial charge in [-0.15, -0.1) is 0 Å². The SMILES string of the molecule is CC1(C)CN(C(=O)C2CCC2N)CC[C@]1(O)c1ccc(Cl)cc1. The van der Waals surface area contributed by atoms with E-state index in [4.69, 9.17) is 17.3 Å². The smallest absolute Gasteiger partial charge is 0.227 e. The number of rotatable bonds is 2. The molecule has 0 radical (unpaired) electrons. The summed E-state index contributed by atoms with van der Waals surface area (Å²) in [7, 11) is 0. The topological polar surface area (TPSA) is 66.6 Å². The third-order valence-electron chi connectivity index (χ3n) is 5.73. The van der Waals surface area contributed by atoms with Crippen LogP contribution in [-0.2, 0) is 10.4 Å². The fourth-order valence-corrected chi connectivity index (χ4v) is 3.96. The highest BCUT2D eigenvalue weighted by Gasteiger charge is 2.50. The zero-order valence-corrected chi connectivity index (χ0v) is 14.5. The molecule has 1 aromatic carbocycles. The Morgan fingerprint density at radius 1 is 1.30 bits per heavy atom. The number of aliphatic hydroxyl groups is 1. The molecule has 4 nitrogen and oxygen atoms in total. The van der Waals surface area contributed by atoms with Crippen molar-refractivity contribution in [1.82, 2.24) is 4.90 Å². The summed E-state index contributed by atoms with van der Waals surface area (Å²) in [6.07, 6.45) is 2.34. The van der Waals surface area contributed by atoms with Gasteiger partial charge in [-0.05, 0) is 37.0 Å². The number of piperidine rings is 1. The van der Waals surface area contributed by atoms with Gasteiger partial charge in [-0.25, -0.2) is 0 Å². The predicted octanol–water partition coefficient (Wildman–Crippen LogP) is 2.52. The van der Waals surface area contributed by atoms with Gasteiger partial charge in [0.15, 0.2) is 0 Å². The van der Waals surface area contributed by atoms with Crippen LogP contribution in [0.3, 0.4) is 0 Å². The van der Waals surface area contributed by atoms with Crippen LogP contribution in [0.2, 0.25) is 5.02 Å². The second-order valence-corrected chi connectivity index (χ2v) is 8.04. The molecule has 23 heavy (non-hydrogen) atoms. The molecule has 1 amide bonds. The molecule has 1 heterocycles. The van der Waals surface area contributed by atoms with Crippen LogP contribution in [0.25, 0.3) is 0 Å². The Morgan fingerprint density at radius 3 is 2.43 bits per heavy atom. The number of likely N-dealkylation sites (tertiary alicyclic amines) is 1. The first kappa shape index (κ1) is 16.7. The van der Waals surface area contributed by atoms with Gasteiger partial charge in [-0.2, -0.15) is 0 Å². The minimum absolute atomic E-state index is 0.00249. The van der Waals surface area contributed by atoms with Crippen LogP contribution in [0.15, 0.2) is 24.3 Å². The van der Waals surface area contributed by atoms with E-state index >= 15 is 0 Å². The second kappa shape index (κ2) is 5.76. The molecule has 3 N–H and O–H groups in total. The number of carbonyl (C=O) groups is 1. The van der Waals surface area contributed by atoms with E-state index in [1.807, 2.05) is 30.9 Å². The molecule has 1 saturated heterocycles. The minimum Gasteiger partial charge on any atom is -0.384 e. The normalized spacial score (nSPS) is 33.2. The average molecular weight is 337 g/mol. The maximum Gasteiger partial charge on any atom is 0.227 e. The highest BCUT2D eigenvalue weighted by Crippen LogP contribution is 2.46. The summed E-state index contributed by atoms with van der Waals surface area (Å²) < 4.78 is 0. The van der Waals surface area contributed by atoms with Crippen molar-refractivity contribution >= 4 is 17.5 Å². The lowest BCUT2D eigenvalue weighted by molar-refractivity contribution is -0.159. The van der Waals surface area contributed by atoms with Gasteiger partial charge in [0, 0.05) is 29.6 Å². The number of halogens is 1. The van der Waals surface area contributed by atoms with Crippen molar-refractivity contribution in [2.75, 3.05) is 13.1 Å². The second-order valence-electron chi connectivity index (χ2n) is 7.61. The molecule has 1 aliphatic heterocycles. The van der Waals surface area contributed by atoms with Crippen molar-refractivity contribution in [2.45, 2.75) is 44.8 Å². The highest BCUT2D eigenvalue weighted by atomic mass is 35.5. The molecule has 1 aromatic rings. The van der Waals surface area contributed by atoms with Crippen LogP contribution in [0.4, 0.5) is 0 Å². The van der Waals surface area contributed by atoms with Crippen LogP contribution >= 0.6 is 11.6 Å². The van der Waals surface area contributed by atoms with E-state index in [-0.39, 0.29) is 17.9 Å². The summed E-state index contributed by atoms with van der Waals surface area (Å²) in [4.78, 5) is 14.5. The summed E-state index contributed by atoms with van der Waals surface area (Å²) >= 11 is 5.96. The zero-order valence-electron chi connectivity index (χ0n) is 13.8. The van der Waals surface area contributed by atoms with Crippen LogP contribution in [0.1, 0.15) is 38.7 Å². The van der Waals surface area contributed by atoms with Gasteiger partial charge in [-0.3, -0.25) is 4.79 Å². The predicted molar refractivity (Wildman–Crippen MR) is 91.0 cm³/mol. The van der Waals surface area contributed by atoms with Crippen molar-refractivity contribution < 1.29 is 9.90 Å². The van der Waals surface area contributed by atoms with Crippen molar-refractivity contribution in [1.29, 1.82) is 0 Å². The molecule has 2 aliphatic rings. The lowest BCUT2D eigenvalue weighted by Gasteiger charge is -2.51. The first-order valence-electron chi connectivity index (χ1n) is 8.27. The van der Waals surface area contributed by atoms with Gasteiger partial charge in [0.1, 0.15) is 0 Å². The summed E-state index contributed by atoms with van der Waals surface area (Å²) in [5.74, 6) is 0.113. The Kier molecular flexibility index (Phi) is 4.20. The third kappa shape index (κ3) is 2.77. The fraction of sp³-hybridized carbons (Fsp3) is 0.611. The largest absolute Gasteiger partial charge is 0.384 e. The monoisotopic (exact) mass is 336 g/mol. The Hall–Kier alpha value is -1.10. The van der Waals surface area contributed by atoms with E-state index in [2.05, 4.69) is 0 Å². The molecule has 126 valence electrons. The Balaban J connectivity index is 1.79. The molecule has 1 aliphatic carbocycles. The standard InChI is InChI=1S/C18H25ClN2O2/c1-17(2)11-21(16(22)14-7-8-15(14)20)10-9-18(17,23)12-3-5-13(19)6-4-12/h3-6,14-15,23H,7-11,20H2,1-2H3/t14?,15?,18-/m0/s1. The zero-order chi connectivity index (χ0) is 16.8. The molecule has 2 fully saturated rings. The number of amides is 1. The molecular formula is C18H25ClN2O2. The van der Waals surface area contributed by atoms with Gasteiger partial charge in [0.25, 0.3) is 0 Å². The average Bonchev–Trinajstić information content (AvgIpc) is 2.49. The van der Waals surface area contributed by atoms with Gasteiger partial charge >= 0.3 is 0 Å². The van der Waals surface area contributed by atoms with E-state index in [0.717, 1.165) is 18.4 Å². The van der Waals surface area contributed by atoms with Crippen molar-refractivity contribution in [2.24, 2.45) is 17.1 Å². The van der Waals surface area contributed by atoms with Gasteiger partial charge in [-0.1, -0.05) is 37.6 Å². The molecule has 1 saturated carbocycles. The molecule has 0 bridgehead atoms. The number of benzene rings is 1. The number of hydrogen-bond acceptors (Lipinski definition) is 3. The molecule has 2 unspecified atom stereocenters. The van der Waals surface area contributed by atoms with Crippen molar-refractivity contribution in [3.63, 3.8) is 0 Å². The molecule has 3 rings (SSSR count). The van der Waals surface area contributed by atoms with E-state index < -0.39 is 11.0 Å². The van der Waals surface area contributed by atoms with Crippen LogP contribution in [-0.4, -0.2) is 35.0 Å². The first-order chi connectivity index (χ1) is 10.7. The van der Waals surface area contributed by atoms with Gasteiger partial charge in [0.05, 0.1) is 11.5 Å². The van der Waals surface area contributed by atoms with Gasteiger partial charge < -0.3 is 15.7 Å². The van der Waals surface area contributed by atoms with Crippen molar-refractivity contribution in [3.8, 4) is 0 Å². The maximum atomic E-state index is 12.6. The number of carbonyl (C=O) groups excluding carboxylic acids is 1. The van der Waals surface area contributed by atoms with Crippen LogP contribution < -0.4 is 5.73 Å². The quantitative estimate of drug-likeness (QED) is 0.872. The molecule has 0 aromatic heterocycles. The summed E-state index contributed by atoms with van der Waals surface area (Å²) in [5.41, 5.74) is 5.40. The van der Waals surface area contributed by atoms with E-state index in [0.29, 0.717) is 24.5 Å². The lowest BCUT2D eigenvalue weighted by atomic mass is 9.66. The lowest BCUT2D eigenvalue weighted by Crippen LogP contribution is -2.59. The molecule has 3 atom stereocenters. The van der Waals surface area contributed by atoms with Gasteiger partial charge in [0.2, 0.25) is 5.91 Å². The first-order valence-corrected chi connectivity index (χ1v) is 8.65. The van der Waals surface area contributed by atoms with E-state index in [9.17, 15) is 9.90 Å². The highest BCUT2D eigenvalue weighted by molar-refractivity contribution is 6.30. The maximum absolute atomic E-state index is 12.6. The van der Waals surface area contributed by atoms with E-state index in [1.54, 1.807) is 12.1 Å². The Labute approximate surface area is 142 Å². The molecule has 5 heteroatoms. The number of nitrogens with two attached hydrogens (primary N) is 1. The Morgan fingerprint density at radius 2 is 1.96 bits per heavy atom. The Bertz CT molecular complexity index is 602. The van der Waals surface area contributed by atoms with Crippen LogP contribution in [0.5, 0.6) is 0 Å². The minimum atomic E-state index is -0.962. The van der Waals surface area contributed by atoms with E-state index in [1.165, 1.54) is 0 Å². The van der Waals surface area contributed by atoms with Crippen molar-refractivity contribution in [3.05, 3.63) is 34.9 Å². The summed E-state index contributed by atoms with van der Waals surface area (Å²) in [6, 6.07) is 7.36.